The molecule has 0 aromatic carbocycles. The van der Waals surface area contributed by atoms with Gasteiger partial charge in [0.2, 0.25) is 10.0 Å². The number of nitrogens with two attached hydrogens (primary N) is 1. The van der Waals surface area contributed by atoms with E-state index in [4.69, 9.17) is 5.73 Å². The maximum Gasteiger partial charge on any atom is 0.244 e. The van der Waals surface area contributed by atoms with Gasteiger partial charge >= 0.3 is 0 Å². The van der Waals surface area contributed by atoms with Crippen molar-refractivity contribution < 1.29 is 8.42 Å². The summed E-state index contributed by atoms with van der Waals surface area (Å²) in [7, 11) is -3.40. The molecule has 5 nitrogen and oxygen atoms in total. The van der Waals surface area contributed by atoms with Crippen LogP contribution < -0.4 is 5.73 Å². The van der Waals surface area contributed by atoms with Gasteiger partial charge in [-0.25, -0.2) is 8.42 Å². The summed E-state index contributed by atoms with van der Waals surface area (Å²) in [6.07, 6.45) is 4.62. The smallest absolute Gasteiger partial charge is 0.244 e. The first-order valence-corrected chi connectivity index (χ1v) is 9.13. The van der Waals surface area contributed by atoms with Crippen molar-refractivity contribution >= 4 is 10.0 Å². The van der Waals surface area contributed by atoms with E-state index in [1.165, 1.54) is 0 Å². The van der Waals surface area contributed by atoms with E-state index in [1.807, 2.05) is 11.5 Å². The Morgan fingerprint density at radius 3 is 2.57 bits per heavy atom. The highest BCUT2D eigenvalue weighted by Gasteiger charge is 2.31. The molecule has 0 aliphatic carbocycles. The van der Waals surface area contributed by atoms with Gasteiger partial charge in [0.1, 0.15) is 4.90 Å². The average molecular weight is 313 g/mol. The quantitative estimate of drug-likeness (QED) is 0.926. The highest BCUT2D eigenvalue weighted by molar-refractivity contribution is 7.89. The topological polar surface area (TPSA) is 68.3 Å². The van der Waals surface area contributed by atoms with Crippen LogP contribution in [-0.4, -0.2) is 30.4 Å². The second-order valence-electron chi connectivity index (χ2n) is 6.58. The Kier molecular flexibility index (Phi) is 4.80. The average Bonchev–Trinajstić information content (AvgIpc) is 2.77. The van der Waals surface area contributed by atoms with Crippen molar-refractivity contribution in [2.75, 3.05) is 13.1 Å². The van der Waals surface area contributed by atoms with Gasteiger partial charge in [0.05, 0.1) is 0 Å². The number of aromatic nitrogens is 1. The minimum Gasteiger partial charge on any atom is -0.349 e. The van der Waals surface area contributed by atoms with E-state index in [-0.39, 0.29) is 5.41 Å². The van der Waals surface area contributed by atoms with E-state index in [1.54, 1.807) is 16.6 Å². The van der Waals surface area contributed by atoms with Gasteiger partial charge in [-0.15, -0.1) is 0 Å². The number of sulfonamides is 1. The number of hydrogen-bond acceptors (Lipinski definition) is 3. The predicted octanol–water partition coefficient (Wildman–Crippen LogP) is 2.17. The Labute approximate surface area is 128 Å². The summed E-state index contributed by atoms with van der Waals surface area (Å²) in [4.78, 5) is 0.379. The summed E-state index contributed by atoms with van der Waals surface area (Å²) < 4.78 is 29.2. The maximum atomic E-state index is 12.8. The molecule has 120 valence electrons. The van der Waals surface area contributed by atoms with Crippen molar-refractivity contribution in [3.05, 3.63) is 18.0 Å². The molecule has 1 aliphatic heterocycles. The number of hydrogen-bond donors (Lipinski definition) is 1. The van der Waals surface area contributed by atoms with Crippen LogP contribution in [0.15, 0.2) is 17.2 Å². The summed E-state index contributed by atoms with van der Waals surface area (Å²) in [5.41, 5.74) is 6.78. The van der Waals surface area contributed by atoms with Gasteiger partial charge in [-0.1, -0.05) is 13.8 Å². The van der Waals surface area contributed by atoms with E-state index in [0.29, 0.717) is 24.5 Å². The fourth-order valence-corrected chi connectivity index (χ4v) is 4.46. The lowest BCUT2D eigenvalue weighted by molar-refractivity contribution is 0.315. The maximum absolute atomic E-state index is 12.8. The molecule has 1 saturated heterocycles. The van der Waals surface area contributed by atoms with Crippen LogP contribution in [0.1, 0.15) is 45.7 Å². The molecule has 0 atom stereocenters. The second kappa shape index (κ2) is 6.10. The molecule has 0 bridgehead atoms. The summed E-state index contributed by atoms with van der Waals surface area (Å²) in [6.45, 7) is 8.72. The molecular weight excluding hydrogens is 286 g/mol. The van der Waals surface area contributed by atoms with Crippen LogP contribution in [0.4, 0.5) is 0 Å². The molecule has 1 aromatic rings. The van der Waals surface area contributed by atoms with Crippen molar-refractivity contribution in [3.63, 3.8) is 0 Å². The minimum atomic E-state index is -3.40. The molecule has 0 amide bonds. The monoisotopic (exact) mass is 313 g/mol. The van der Waals surface area contributed by atoms with Gasteiger partial charge in [0, 0.05) is 38.1 Å². The molecule has 2 heterocycles. The fourth-order valence-electron chi connectivity index (χ4n) is 2.92. The summed E-state index contributed by atoms with van der Waals surface area (Å²) in [5.74, 6) is 0. The third-order valence-electron chi connectivity index (χ3n) is 4.45. The Morgan fingerprint density at radius 1 is 1.29 bits per heavy atom. The molecule has 2 N–H and O–H groups in total. The second-order valence-corrected chi connectivity index (χ2v) is 8.52. The molecule has 1 fully saturated rings. The molecule has 0 spiro atoms. The van der Waals surface area contributed by atoms with Crippen LogP contribution in [-0.2, 0) is 23.1 Å². The SMILES string of the molecule is CCn1cc(S(=O)(=O)N2CCCC(C)(C)CC2)cc1CN. The molecule has 2 rings (SSSR count). The lowest BCUT2D eigenvalue weighted by Gasteiger charge is -2.22. The van der Waals surface area contributed by atoms with Gasteiger partial charge < -0.3 is 10.3 Å². The molecule has 0 radical (unpaired) electrons. The van der Waals surface area contributed by atoms with Crippen molar-refractivity contribution in [1.29, 1.82) is 0 Å². The first-order valence-electron chi connectivity index (χ1n) is 7.69. The Morgan fingerprint density at radius 2 is 2.00 bits per heavy atom. The number of nitrogens with zero attached hydrogens (tertiary/aromatic N) is 2. The standard InChI is InChI=1S/C15H27N3O2S/c1-4-17-12-14(10-13(17)11-16)21(19,20)18-8-5-6-15(2,3)7-9-18/h10,12H,4-9,11,16H2,1-3H3. The van der Waals surface area contributed by atoms with E-state index in [9.17, 15) is 8.42 Å². The van der Waals surface area contributed by atoms with Crippen LogP contribution in [0.3, 0.4) is 0 Å². The highest BCUT2D eigenvalue weighted by Crippen LogP contribution is 2.32. The molecule has 0 saturated carbocycles. The van der Waals surface area contributed by atoms with Crippen molar-refractivity contribution in [2.24, 2.45) is 11.1 Å². The number of aryl methyl sites for hydroxylation is 1. The van der Waals surface area contributed by atoms with Crippen LogP contribution in [0.2, 0.25) is 0 Å². The Bertz CT molecular complexity index is 569. The van der Waals surface area contributed by atoms with Gasteiger partial charge in [0.15, 0.2) is 0 Å². The lowest BCUT2D eigenvalue weighted by Crippen LogP contribution is -2.32. The molecule has 21 heavy (non-hydrogen) atoms. The predicted molar refractivity (Wildman–Crippen MR) is 84.4 cm³/mol. The first-order chi connectivity index (χ1) is 9.80. The fraction of sp³-hybridized carbons (Fsp3) is 0.733. The molecule has 6 heteroatoms. The molecule has 0 unspecified atom stereocenters. The molecular formula is C15H27N3O2S. The Hall–Kier alpha value is -0.850. The lowest BCUT2D eigenvalue weighted by atomic mass is 9.85. The van der Waals surface area contributed by atoms with Crippen molar-refractivity contribution in [1.82, 2.24) is 8.87 Å². The zero-order valence-corrected chi connectivity index (χ0v) is 14.1. The van der Waals surface area contributed by atoms with E-state index in [0.717, 1.165) is 31.5 Å². The summed E-state index contributed by atoms with van der Waals surface area (Å²) in [5, 5.41) is 0. The van der Waals surface area contributed by atoms with Gasteiger partial charge in [0.25, 0.3) is 0 Å². The summed E-state index contributed by atoms with van der Waals surface area (Å²) in [6, 6.07) is 1.72. The largest absolute Gasteiger partial charge is 0.349 e. The number of rotatable bonds is 4. The van der Waals surface area contributed by atoms with Crippen molar-refractivity contribution in [3.8, 4) is 0 Å². The van der Waals surface area contributed by atoms with E-state index < -0.39 is 10.0 Å². The van der Waals surface area contributed by atoms with Crippen LogP contribution in [0, 0.1) is 5.41 Å². The third kappa shape index (κ3) is 3.49. The van der Waals surface area contributed by atoms with Crippen molar-refractivity contribution in [2.45, 2.75) is 58.0 Å². The summed E-state index contributed by atoms with van der Waals surface area (Å²) >= 11 is 0. The highest BCUT2D eigenvalue weighted by atomic mass is 32.2. The third-order valence-corrected chi connectivity index (χ3v) is 6.31. The van der Waals surface area contributed by atoms with E-state index >= 15 is 0 Å². The van der Waals surface area contributed by atoms with Crippen LogP contribution >= 0.6 is 0 Å². The normalized spacial score (nSPS) is 20.4. The zero-order valence-electron chi connectivity index (χ0n) is 13.3. The van der Waals surface area contributed by atoms with Gasteiger partial charge in [-0.2, -0.15) is 4.31 Å². The molecule has 1 aliphatic rings. The van der Waals surface area contributed by atoms with Crippen LogP contribution in [0.5, 0.6) is 0 Å². The zero-order chi connectivity index (χ0) is 15.7. The minimum absolute atomic E-state index is 0.224. The van der Waals surface area contributed by atoms with E-state index in [2.05, 4.69) is 13.8 Å². The first kappa shape index (κ1) is 16.5. The molecule has 1 aromatic heterocycles. The Balaban J connectivity index is 2.27. The van der Waals surface area contributed by atoms with Gasteiger partial charge in [-0.3, -0.25) is 0 Å². The van der Waals surface area contributed by atoms with Crippen LogP contribution in [0.25, 0.3) is 0 Å². The van der Waals surface area contributed by atoms with Gasteiger partial charge in [-0.05, 0) is 37.7 Å².